The molecule has 0 fully saturated rings. The van der Waals surface area contributed by atoms with Gasteiger partial charge in [0.2, 0.25) is 0 Å². The molecule has 2 aromatic carbocycles. The van der Waals surface area contributed by atoms with Crippen molar-refractivity contribution in [2.75, 3.05) is 6.61 Å². The summed E-state index contributed by atoms with van der Waals surface area (Å²) in [5.74, 6) is 0.905. The zero-order valence-electron chi connectivity index (χ0n) is 11.0. The van der Waals surface area contributed by atoms with Crippen molar-refractivity contribution in [2.45, 2.75) is 20.3 Å². The molecule has 0 unspecified atom stereocenters. The van der Waals surface area contributed by atoms with Crippen molar-refractivity contribution in [1.82, 2.24) is 0 Å². The lowest BCUT2D eigenvalue weighted by atomic mass is 10.0. The van der Waals surface area contributed by atoms with E-state index in [0.29, 0.717) is 6.61 Å². The molecule has 0 spiro atoms. The molecule has 0 saturated heterocycles. The first kappa shape index (κ1) is 14.4. The van der Waals surface area contributed by atoms with Crippen molar-refractivity contribution in [1.29, 1.82) is 0 Å². The summed E-state index contributed by atoms with van der Waals surface area (Å²) < 4.78 is 6.53. The highest BCUT2D eigenvalue weighted by atomic mass is 79.9. The highest BCUT2D eigenvalue weighted by Crippen LogP contribution is 2.27. The number of halogens is 2. The Bertz CT molecular complexity index is 564. The van der Waals surface area contributed by atoms with Crippen molar-refractivity contribution in [3.63, 3.8) is 0 Å². The molecule has 1 nitrogen and oxygen atoms in total. The normalized spacial score (nSPS) is 10.5. The fraction of sp³-hybridized carbons (Fsp3) is 0.250. The van der Waals surface area contributed by atoms with Gasteiger partial charge in [-0.25, -0.2) is 0 Å². The Labute approximate surface area is 127 Å². The topological polar surface area (TPSA) is 9.23 Å². The molecule has 0 saturated carbocycles. The summed E-state index contributed by atoms with van der Waals surface area (Å²) in [5, 5.41) is 0.814. The monoisotopic (exact) mass is 338 g/mol. The summed E-state index contributed by atoms with van der Waals surface area (Å²) in [4.78, 5) is 0. The minimum atomic E-state index is 0.691. The molecule has 0 aromatic heterocycles. The van der Waals surface area contributed by atoms with Gasteiger partial charge in [0.15, 0.2) is 0 Å². The fourth-order valence-electron chi connectivity index (χ4n) is 1.91. The quantitative estimate of drug-likeness (QED) is 0.724. The number of rotatable bonds is 4. The predicted octanol–water partition coefficient (Wildman–Crippen LogP) is 5.40. The van der Waals surface area contributed by atoms with Crippen LogP contribution in [-0.4, -0.2) is 6.61 Å². The van der Waals surface area contributed by atoms with Gasteiger partial charge in [-0.2, -0.15) is 0 Å². The lowest BCUT2D eigenvalue weighted by Crippen LogP contribution is -1.93. The molecule has 2 rings (SSSR count). The van der Waals surface area contributed by atoms with Gasteiger partial charge < -0.3 is 4.74 Å². The second-order valence-electron chi connectivity index (χ2n) is 4.45. The fourth-order valence-corrected chi connectivity index (χ4v) is 2.59. The zero-order valence-corrected chi connectivity index (χ0v) is 13.4. The van der Waals surface area contributed by atoms with Crippen molar-refractivity contribution in [3.8, 4) is 5.75 Å². The molecule has 0 aliphatic heterocycles. The van der Waals surface area contributed by atoms with Crippen LogP contribution in [0.25, 0.3) is 0 Å². The molecular formula is C16H16BrClO. The van der Waals surface area contributed by atoms with Crippen LogP contribution in [0.4, 0.5) is 0 Å². The molecule has 0 amide bonds. The summed E-state index contributed by atoms with van der Waals surface area (Å²) in [7, 11) is 0. The van der Waals surface area contributed by atoms with Crippen LogP contribution in [0.3, 0.4) is 0 Å². The third kappa shape index (κ3) is 3.74. The first-order chi connectivity index (χ1) is 9.10. The molecule has 0 radical (unpaired) electrons. The Morgan fingerprint density at radius 2 is 1.84 bits per heavy atom. The average molecular weight is 340 g/mol. The molecule has 0 N–H and O–H groups in total. The number of benzene rings is 2. The Morgan fingerprint density at radius 1 is 1.16 bits per heavy atom. The van der Waals surface area contributed by atoms with E-state index in [4.69, 9.17) is 16.3 Å². The second kappa shape index (κ2) is 6.44. The van der Waals surface area contributed by atoms with Crippen LogP contribution in [0.2, 0.25) is 5.02 Å². The first-order valence-corrected chi connectivity index (χ1v) is 7.43. The summed E-state index contributed by atoms with van der Waals surface area (Å²) in [6, 6.07) is 12.2. The molecule has 0 bridgehead atoms. The van der Waals surface area contributed by atoms with E-state index in [1.807, 2.05) is 32.0 Å². The van der Waals surface area contributed by atoms with Crippen LogP contribution >= 0.6 is 27.5 Å². The van der Waals surface area contributed by atoms with Crippen LogP contribution < -0.4 is 4.74 Å². The van der Waals surface area contributed by atoms with Crippen LogP contribution in [0.1, 0.15) is 23.6 Å². The van der Waals surface area contributed by atoms with Gasteiger partial charge in [-0.15, -0.1) is 0 Å². The van der Waals surface area contributed by atoms with E-state index < -0.39 is 0 Å². The van der Waals surface area contributed by atoms with Gasteiger partial charge in [0.1, 0.15) is 5.75 Å². The van der Waals surface area contributed by atoms with Crippen molar-refractivity contribution in [3.05, 3.63) is 62.6 Å². The van der Waals surface area contributed by atoms with Gasteiger partial charge in [-0.3, -0.25) is 0 Å². The number of ether oxygens (including phenoxy) is 1. The van der Waals surface area contributed by atoms with Gasteiger partial charge in [0.05, 0.1) is 6.61 Å². The standard InChI is InChI=1S/C16H16BrClO/c1-3-19-14-6-4-12(5-7-14)9-13-10-15(17)11(2)8-16(13)18/h4-8,10H,3,9H2,1-2H3. The molecule has 2 aromatic rings. The third-order valence-electron chi connectivity index (χ3n) is 2.96. The second-order valence-corrected chi connectivity index (χ2v) is 5.71. The van der Waals surface area contributed by atoms with Crippen molar-refractivity contribution in [2.24, 2.45) is 0 Å². The highest BCUT2D eigenvalue weighted by molar-refractivity contribution is 9.10. The molecule has 100 valence electrons. The summed E-state index contributed by atoms with van der Waals surface area (Å²) in [6.45, 7) is 4.71. The van der Waals surface area contributed by atoms with Crippen molar-refractivity contribution < 1.29 is 4.74 Å². The molecular weight excluding hydrogens is 324 g/mol. The maximum absolute atomic E-state index is 6.29. The Kier molecular flexibility index (Phi) is 4.89. The summed E-state index contributed by atoms with van der Waals surface area (Å²) >= 11 is 9.83. The van der Waals surface area contributed by atoms with Crippen LogP contribution in [0, 0.1) is 6.92 Å². The zero-order chi connectivity index (χ0) is 13.8. The lowest BCUT2D eigenvalue weighted by Gasteiger charge is -2.09. The van der Waals surface area contributed by atoms with Gasteiger partial charge in [-0.1, -0.05) is 39.7 Å². The SMILES string of the molecule is CCOc1ccc(Cc2cc(Br)c(C)cc2Cl)cc1. The molecule has 0 aliphatic rings. The van der Waals surface area contributed by atoms with Gasteiger partial charge in [-0.05, 0) is 61.2 Å². The smallest absolute Gasteiger partial charge is 0.119 e. The number of hydrogen-bond donors (Lipinski definition) is 0. The maximum atomic E-state index is 6.29. The first-order valence-electron chi connectivity index (χ1n) is 6.26. The summed E-state index contributed by atoms with van der Waals surface area (Å²) in [6.07, 6.45) is 0.824. The van der Waals surface area contributed by atoms with Gasteiger partial charge in [0, 0.05) is 9.50 Å². The van der Waals surface area contributed by atoms with Crippen LogP contribution in [0.5, 0.6) is 5.75 Å². The van der Waals surface area contributed by atoms with E-state index in [1.54, 1.807) is 0 Å². The average Bonchev–Trinajstić information content (AvgIpc) is 2.38. The number of aryl methyl sites for hydroxylation is 1. The Balaban J connectivity index is 2.19. The van der Waals surface area contributed by atoms with E-state index in [9.17, 15) is 0 Å². The van der Waals surface area contributed by atoms with E-state index in [0.717, 1.165) is 32.8 Å². The molecule has 0 atom stereocenters. The van der Waals surface area contributed by atoms with E-state index in [2.05, 4.69) is 34.1 Å². The molecule has 0 aliphatic carbocycles. The largest absolute Gasteiger partial charge is 0.494 e. The highest BCUT2D eigenvalue weighted by Gasteiger charge is 2.05. The van der Waals surface area contributed by atoms with Gasteiger partial charge in [0.25, 0.3) is 0 Å². The summed E-state index contributed by atoms with van der Waals surface area (Å²) in [5.41, 5.74) is 3.50. The minimum Gasteiger partial charge on any atom is -0.494 e. The van der Waals surface area contributed by atoms with Crippen LogP contribution in [0.15, 0.2) is 40.9 Å². The third-order valence-corrected chi connectivity index (χ3v) is 4.16. The predicted molar refractivity (Wildman–Crippen MR) is 84.3 cm³/mol. The molecule has 0 heterocycles. The Hall–Kier alpha value is -0.990. The van der Waals surface area contributed by atoms with E-state index >= 15 is 0 Å². The maximum Gasteiger partial charge on any atom is 0.119 e. The van der Waals surface area contributed by atoms with Gasteiger partial charge >= 0.3 is 0 Å². The Morgan fingerprint density at radius 3 is 2.47 bits per heavy atom. The minimum absolute atomic E-state index is 0.691. The van der Waals surface area contributed by atoms with Crippen LogP contribution in [-0.2, 0) is 6.42 Å². The van der Waals surface area contributed by atoms with Crippen molar-refractivity contribution >= 4 is 27.5 Å². The van der Waals surface area contributed by atoms with E-state index in [-0.39, 0.29) is 0 Å². The lowest BCUT2D eigenvalue weighted by molar-refractivity contribution is 0.340. The molecule has 19 heavy (non-hydrogen) atoms. The molecule has 3 heteroatoms. The van der Waals surface area contributed by atoms with E-state index in [1.165, 1.54) is 5.56 Å². The number of hydrogen-bond acceptors (Lipinski definition) is 1.